The van der Waals surface area contributed by atoms with Gasteiger partial charge in [-0.2, -0.15) is 0 Å². The molecule has 0 rings (SSSR count). The van der Waals surface area contributed by atoms with E-state index < -0.39 is 0 Å². The Labute approximate surface area is 76.9 Å². The fourth-order valence-corrected chi connectivity index (χ4v) is 1.48. The first kappa shape index (κ1) is 11.9. The molecule has 0 N–H and O–H groups in total. The van der Waals surface area contributed by atoms with Crippen molar-refractivity contribution < 1.29 is 4.74 Å². The second kappa shape index (κ2) is 7.56. The minimum absolute atomic E-state index is 0.611. The van der Waals surface area contributed by atoms with Gasteiger partial charge in [0.05, 0.1) is 6.61 Å². The third-order valence-corrected chi connectivity index (χ3v) is 2.31. The van der Waals surface area contributed by atoms with Crippen molar-refractivity contribution in [3.63, 3.8) is 0 Å². The third kappa shape index (κ3) is 4.07. The second-order valence-corrected chi connectivity index (χ2v) is 2.94. The average molecular weight is 173 g/mol. The average Bonchev–Trinajstić information content (AvgIpc) is 2.12. The lowest BCUT2D eigenvalue weighted by molar-refractivity contribution is 0.0686. The van der Waals surface area contributed by atoms with Crippen LogP contribution < -0.4 is 0 Å². The summed E-state index contributed by atoms with van der Waals surface area (Å²) in [6.07, 6.45) is 1.18. The van der Waals surface area contributed by atoms with Crippen LogP contribution in [-0.4, -0.2) is 37.2 Å². The van der Waals surface area contributed by atoms with E-state index in [1.807, 2.05) is 0 Å². The van der Waals surface area contributed by atoms with Gasteiger partial charge in [0.25, 0.3) is 0 Å². The number of likely N-dealkylation sites (N-methyl/N-ethyl adjacent to an activating group) is 1. The molecule has 1 atom stereocenters. The molecule has 0 saturated carbocycles. The number of hydrogen-bond acceptors (Lipinski definition) is 2. The van der Waals surface area contributed by atoms with E-state index in [2.05, 4.69) is 32.6 Å². The molecule has 0 radical (unpaired) electrons. The van der Waals surface area contributed by atoms with Crippen LogP contribution in [0.4, 0.5) is 0 Å². The van der Waals surface area contributed by atoms with E-state index in [0.717, 1.165) is 26.3 Å². The Morgan fingerprint density at radius 1 is 1.08 bits per heavy atom. The van der Waals surface area contributed by atoms with Gasteiger partial charge in [0.15, 0.2) is 0 Å². The van der Waals surface area contributed by atoms with Crippen LogP contribution in [0.15, 0.2) is 0 Å². The number of nitrogens with zero attached hydrogens (tertiary/aromatic N) is 1. The highest BCUT2D eigenvalue weighted by Gasteiger charge is 2.12. The number of rotatable bonds is 7. The molecule has 2 nitrogen and oxygen atoms in total. The zero-order valence-corrected chi connectivity index (χ0v) is 8.97. The molecule has 1 unspecified atom stereocenters. The van der Waals surface area contributed by atoms with Crippen LogP contribution in [0.1, 0.15) is 34.1 Å². The van der Waals surface area contributed by atoms with Crippen molar-refractivity contribution in [3.05, 3.63) is 0 Å². The fourth-order valence-electron chi connectivity index (χ4n) is 1.48. The van der Waals surface area contributed by atoms with E-state index in [4.69, 9.17) is 4.74 Å². The van der Waals surface area contributed by atoms with Gasteiger partial charge in [-0.1, -0.05) is 20.8 Å². The first-order chi connectivity index (χ1) is 5.79. The molecular weight excluding hydrogens is 150 g/mol. The van der Waals surface area contributed by atoms with Crippen molar-refractivity contribution in [1.82, 2.24) is 4.90 Å². The summed E-state index contributed by atoms with van der Waals surface area (Å²) in [5.41, 5.74) is 0. The van der Waals surface area contributed by atoms with E-state index in [1.54, 1.807) is 0 Å². The molecule has 0 aromatic carbocycles. The molecule has 2 heteroatoms. The first-order valence-corrected chi connectivity index (χ1v) is 5.11. The van der Waals surface area contributed by atoms with Crippen molar-refractivity contribution >= 4 is 0 Å². The molecule has 0 saturated heterocycles. The maximum atomic E-state index is 5.43. The summed E-state index contributed by atoms with van der Waals surface area (Å²) in [5.74, 6) is 0. The quantitative estimate of drug-likeness (QED) is 0.585. The molecule has 0 aliphatic rings. The zero-order valence-electron chi connectivity index (χ0n) is 8.97. The summed E-state index contributed by atoms with van der Waals surface area (Å²) in [4.78, 5) is 2.45. The normalized spacial score (nSPS) is 13.8. The van der Waals surface area contributed by atoms with E-state index in [9.17, 15) is 0 Å². The molecule has 0 spiro atoms. The molecule has 0 aliphatic heterocycles. The Morgan fingerprint density at radius 2 is 1.67 bits per heavy atom. The van der Waals surface area contributed by atoms with Gasteiger partial charge in [0.2, 0.25) is 0 Å². The van der Waals surface area contributed by atoms with E-state index in [1.165, 1.54) is 6.42 Å². The molecule has 74 valence electrons. The summed E-state index contributed by atoms with van der Waals surface area (Å²) < 4.78 is 5.43. The predicted octanol–water partition coefficient (Wildman–Crippen LogP) is 2.14. The van der Waals surface area contributed by atoms with E-state index in [0.29, 0.717) is 6.04 Å². The van der Waals surface area contributed by atoms with Crippen molar-refractivity contribution in [2.75, 3.05) is 26.3 Å². The third-order valence-electron chi connectivity index (χ3n) is 2.31. The monoisotopic (exact) mass is 173 g/mol. The molecule has 0 heterocycles. The van der Waals surface area contributed by atoms with Gasteiger partial charge in [-0.05, 0) is 26.4 Å². The predicted molar refractivity (Wildman–Crippen MR) is 53.5 cm³/mol. The van der Waals surface area contributed by atoms with Crippen LogP contribution in [0.3, 0.4) is 0 Å². The highest BCUT2D eigenvalue weighted by atomic mass is 16.5. The molecule has 0 aliphatic carbocycles. The van der Waals surface area contributed by atoms with Crippen LogP contribution in [0, 0.1) is 0 Å². The molecule has 0 fully saturated rings. The van der Waals surface area contributed by atoms with Gasteiger partial charge < -0.3 is 4.74 Å². The largest absolute Gasteiger partial charge is 0.380 e. The summed E-state index contributed by atoms with van der Waals surface area (Å²) >= 11 is 0. The lowest BCUT2D eigenvalue weighted by atomic mass is 10.2. The summed E-state index contributed by atoms with van der Waals surface area (Å²) in [7, 11) is 0. The standard InChI is InChI=1S/C10H23NO/c1-5-10(9-12-8-4)11(6-2)7-3/h10H,5-9H2,1-4H3. The minimum Gasteiger partial charge on any atom is -0.380 e. The minimum atomic E-state index is 0.611. The van der Waals surface area contributed by atoms with Gasteiger partial charge in [-0.3, -0.25) is 4.90 Å². The maximum Gasteiger partial charge on any atom is 0.0621 e. The highest BCUT2D eigenvalue weighted by molar-refractivity contribution is 4.67. The van der Waals surface area contributed by atoms with E-state index in [-0.39, 0.29) is 0 Å². The smallest absolute Gasteiger partial charge is 0.0621 e. The van der Waals surface area contributed by atoms with Gasteiger partial charge in [0, 0.05) is 12.6 Å². The van der Waals surface area contributed by atoms with Crippen molar-refractivity contribution in [2.24, 2.45) is 0 Å². The number of hydrogen-bond donors (Lipinski definition) is 0. The lowest BCUT2D eigenvalue weighted by Crippen LogP contribution is -2.37. The molecule has 0 amide bonds. The molecular formula is C10H23NO. The summed E-state index contributed by atoms with van der Waals surface area (Å²) in [5, 5.41) is 0. The van der Waals surface area contributed by atoms with Crippen molar-refractivity contribution in [2.45, 2.75) is 40.2 Å². The van der Waals surface area contributed by atoms with Gasteiger partial charge in [0.1, 0.15) is 0 Å². The summed E-state index contributed by atoms with van der Waals surface area (Å²) in [6.45, 7) is 12.7. The molecule has 12 heavy (non-hydrogen) atoms. The Morgan fingerprint density at radius 3 is 2.00 bits per heavy atom. The topological polar surface area (TPSA) is 12.5 Å². The first-order valence-electron chi connectivity index (χ1n) is 5.11. The second-order valence-electron chi connectivity index (χ2n) is 2.94. The van der Waals surface area contributed by atoms with Crippen LogP contribution >= 0.6 is 0 Å². The Balaban J connectivity index is 3.75. The van der Waals surface area contributed by atoms with Gasteiger partial charge in [-0.25, -0.2) is 0 Å². The lowest BCUT2D eigenvalue weighted by Gasteiger charge is -2.28. The van der Waals surface area contributed by atoms with Crippen molar-refractivity contribution in [1.29, 1.82) is 0 Å². The van der Waals surface area contributed by atoms with Crippen LogP contribution in [-0.2, 0) is 4.74 Å². The van der Waals surface area contributed by atoms with Gasteiger partial charge in [-0.15, -0.1) is 0 Å². The molecule has 0 aromatic heterocycles. The fraction of sp³-hybridized carbons (Fsp3) is 1.00. The van der Waals surface area contributed by atoms with E-state index >= 15 is 0 Å². The molecule has 0 aromatic rings. The Kier molecular flexibility index (Phi) is 7.51. The molecule has 0 bridgehead atoms. The Hall–Kier alpha value is -0.0800. The van der Waals surface area contributed by atoms with Crippen LogP contribution in [0.5, 0.6) is 0 Å². The maximum absolute atomic E-state index is 5.43. The SMILES string of the molecule is CCOCC(CC)N(CC)CC. The highest BCUT2D eigenvalue weighted by Crippen LogP contribution is 2.03. The summed E-state index contributed by atoms with van der Waals surface area (Å²) in [6, 6.07) is 0.611. The van der Waals surface area contributed by atoms with Crippen molar-refractivity contribution in [3.8, 4) is 0 Å². The number of ether oxygens (including phenoxy) is 1. The van der Waals surface area contributed by atoms with Gasteiger partial charge >= 0.3 is 0 Å². The van der Waals surface area contributed by atoms with Crippen LogP contribution in [0.2, 0.25) is 0 Å². The Bertz CT molecular complexity index is 91.8. The zero-order chi connectivity index (χ0) is 9.40. The van der Waals surface area contributed by atoms with Crippen LogP contribution in [0.25, 0.3) is 0 Å².